The van der Waals surface area contributed by atoms with Crippen LogP contribution in [0.15, 0.2) is 43.0 Å². The first-order valence-corrected chi connectivity index (χ1v) is 6.30. The van der Waals surface area contributed by atoms with Crippen LogP contribution in [0.25, 0.3) is 16.8 Å². The van der Waals surface area contributed by atoms with Crippen LogP contribution in [0.5, 0.6) is 5.75 Å². The second kappa shape index (κ2) is 4.88. The molecule has 0 heterocycles. The number of hydrogen-bond acceptors (Lipinski definition) is 2. The monoisotopic (exact) mass is 254 g/mol. The molecule has 0 saturated heterocycles. The van der Waals surface area contributed by atoms with Crippen LogP contribution < -0.4 is 4.74 Å². The lowest BCUT2D eigenvalue weighted by Gasteiger charge is -2.18. The Morgan fingerprint density at radius 2 is 1.84 bits per heavy atom. The molecule has 0 amide bonds. The summed E-state index contributed by atoms with van der Waals surface area (Å²) in [5, 5.41) is 1.97. The Bertz CT molecular complexity index is 633. The van der Waals surface area contributed by atoms with Crippen molar-refractivity contribution in [2.75, 3.05) is 0 Å². The van der Waals surface area contributed by atoms with Crippen molar-refractivity contribution >= 4 is 22.8 Å². The zero-order chi connectivity index (χ0) is 14.0. The predicted molar refractivity (Wildman–Crippen MR) is 79.1 cm³/mol. The lowest BCUT2D eigenvalue weighted by molar-refractivity contribution is -0.142. The highest BCUT2D eigenvalue weighted by atomic mass is 16.5. The van der Waals surface area contributed by atoms with Crippen molar-refractivity contribution in [1.29, 1.82) is 0 Å². The molecule has 2 nitrogen and oxygen atoms in total. The average molecular weight is 254 g/mol. The molecule has 0 aliphatic heterocycles. The number of rotatable bonds is 2. The molecule has 98 valence electrons. The van der Waals surface area contributed by atoms with Crippen LogP contribution in [0.2, 0.25) is 0 Å². The van der Waals surface area contributed by atoms with Gasteiger partial charge in [-0.1, -0.05) is 49.1 Å². The van der Waals surface area contributed by atoms with E-state index in [2.05, 4.69) is 6.58 Å². The largest absolute Gasteiger partial charge is 0.425 e. The van der Waals surface area contributed by atoms with E-state index in [0.29, 0.717) is 5.75 Å². The molecular formula is C17H18O2. The molecule has 0 radical (unpaired) electrons. The van der Waals surface area contributed by atoms with Gasteiger partial charge in [0, 0.05) is 10.9 Å². The van der Waals surface area contributed by atoms with Gasteiger partial charge in [-0.05, 0) is 26.2 Å². The number of ether oxygens (including phenoxy) is 1. The van der Waals surface area contributed by atoms with E-state index in [1.165, 1.54) is 0 Å². The first-order valence-electron chi connectivity index (χ1n) is 6.30. The minimum absolute atomic E-state index is 0.244. The van der Waals surface area contributed by atoms with E-state index in [4.69, 9.17) is 4.74 Å². The van der Waals surface area contributed by atoms with E-state index in [9.17, 15) is 4.79 Å². The van der Waals surface area contributed by atoms with Crippen molar-refractivity contribution in [3.05, 3.63) is 48.5 Å². The van der Waals surface area contributed by atoms with E-state index < -0.39 is 5.41 Å². The summed E-state index contributed by atoms with van der Waals surface area (Å²) >= 11 is 0. The summed E-state index contributed by atoms with van der Waals surface area (Å²) in [6.07, 6.45) is 1.71. The van der Waals surface area contributed by atoms with Crippen LogP contribution in [0.1, 0.15) is 26.3 Å². The molecule has 0 aliphatic rings. The minimum Gasteiger partial charge on any atom is -0.425 e. The quantitative estimate of drug-likeness (QED) is 0.585. The zero-order valence-corrected chi connectivity index (χ0v) is 11.6. The summed E-state index contributed by atoms with van der Waals surface area (Å²) in [5.41, 5.74) is 0.298. The lowest BCUT2D eigenvalue weighted by atomic mass is 9.97. The number of benzene rings is 2. The molecular weight excluding hydrogens is 236 g/mol. The molecule has 2 aromatic rings. The number of hydrogen-bond donors (Lipinski definition) is 0. The van der Waals surface area contributed by atoms with Gasteiger partial charge < -0.3 is 4.74 Å². The van der Waals surface area contributed by atoms with E-state index in [1.807, 2.05) is 57.2 Å². The third kappa shape index (κ3) is 2.68. The zero-order valence-electron chi connectivity index (χ0n) is 11.6. The van der Waals surface area contributed by atoms with E-state index in [1.54, 1.807) is 6.08 Å². The summed E-state index contributed by atoms with van der Waals surface area (Å²) in [5.74, 6) is 0.347. The Morgan fingerprint density at radius 1 is 1.16 bits per heavy atom. The van der Waals surface area contributed by atoms with Gasteiger partial charge in [0.25, 0.3) is 0 Å². The van der Waals surface area contributed by atoms with Gasteiger partial charge in [0.1, 0.15) is 5.75 Å². The van der Waals surface area contributed by atoms with Gasteiger partial charge >= 0.3 is 5.97 Å². The molecule has 2 heteroatoms. The first-order chi connectivity index (χ1) is 8.93. The molecule has 0 fully saturated rings. The molecule has 0 aliphatic carbocycles. The van der Waals surface area contributed by atoms with E-state index in [-0.39, 0.29) is 5.97 Å². The molecule has 0 aromatic heterocycles. The molecule has 0 atom stereocenters. The van der Waals surface area contributed by atoms with Gasteiger partial charge in [-0.15, -0.1) is 0 Å². The van der Waals surface area contributed by atoms with Crippen molar-refractivity contribution in [2.45, 2.75) is 20.8 Å². The smallest absolute Gasteiger partial charge is 0.316 e. The topological polar surface area (TPSA) is 26.3 Å². The van der Waals surface area contributed by atoms with Crippen molar-refractivity contribution in [3.63, 3.8) is 0 Å². The molecule has 0 spiro atoms. The number of carbonyl (C=O) groups excluding carboxylic acids is 1. The Hall–Kier alpha value is -2.09. The van der Waals surface area contributed by atoms with E-state index in [0.717, 1.165) is 16.3 Å². The summed E-state index contributed by atoms with van der Waals surface area (Å²) in [7, 11) is 0. The van der Waals surface area contributed by atoms with Crippen LogP contribution in [-0.4, -0.2) is 5.97 Å². The fourth-order valence-electron chi connectivity index (χ4n) is 1.78. The van der Waals surface area contributed by atoms with Crippen LogP contribution in [0.3, 0.4) is 0 Å². The van der Waals surface area contributed by atoms with Gasteiger partial charge in [-0.3, -0.25) is 4.79 Å². The van der Waals surface area contributed by atoms with Crippen LogP contribution >= 0.6 is 0 Å². The summed E-state index contributed by atoms with van der Waals surface area (Å²) in [6.45, 7) is 9.30. The highest BCUT2D eigenvalue weighted by molar-refractivity contribution is 5.94. The third-order valence-electron chi connectivity index (χ3n) is 2.94. The maximum absolute atomic E-state index is 12.1. The number of carbonyl (C=O) groups is 1. The van der Waals surface area contributed by atoms with Gasteiger partial charge in [0.2, 0.25) is 0 Å². The fraction of sp³-hybridized carbons (Fsp3) is 0.235. The lowest BCUT2D eigenvalue weighted by Crippen LogP contribution is -2.25. The van der Waals surface area contributed by atoms with Crippen molar-refractivity contribution in [1.82, 2.24) is 0 Å². The maximum atomic E-state index is 12.1. The van der Waals surface area contributed by atoms with Crippen molar-refractivity contribution < 1.29 is 9.53 Å². The Labute approximate surface area is 113 Å². The fourth-order valence-corrected chi connectivity index (χ4v) is 1.78. The number of fused-ring (bicyclic) bond motifs is 1. The van der Waals surface area contributed by atoms with Gasteiger partial charge in [0.05, 0.1) is 5.41 Å². The number of esters is 1. The standard InChI is InChI=1S/C17H18O2/c1-5-12-10-11-13-8-6-7-9-14(13)15(12)19-16(18)17(2,3)4/h5-11H,1H2,2-4H3. The molecule has 2 aromatic carbocycles. The van der Waals surface area contributed by atoms with Gasteiger partial charge in [0.15, 0.2) is 0 Å². The van der Waals surface area contributed by atoms with E-state index >= 15 is 0 Å². The van der Waals surface area contributed by atoms with Crippen molar-refractivity contribution in [2.24, 2.45) is 5.41 Å². The van der Waals surface area contributed by atoms with Crippen LogP contribution in [0, 0.1) is 5.41 Å². The molecule has 0 bridgehead atoms. The molecule has 2 rings (SSSR count). The van der Waals surface area contributed by atoms with Crippen LogP contribution in [-0.2, 0) is 4.79 Å². The summed E-state index contributed by atoms with van der Waals surface area (Å²) < 4.78 is 5.60. The summed E-state index contributed by atoms with van der Waals surface area (Å²) in [4.78, 5) is 12.1. The molecule has 0 N–H and O–H groups in total. The minimum atomic E-state index is -0.532. The molecule has 0 saturated carbocycles. The van der Waals surface area contributed by atoms with Crippen molar-refractivity contribution in [3.8, 4) is 5.75 Å². The van der Waals surface area contributed by atoms with Gasteiger partial charge in [-0.2, -0.15) is 0 Å². The Kier molecular flexibility index (Phi) is 3.43. The average Bonchev–Trinajstić information content (AvgIpc) is 2.38. The van der Waals surface area contributed by atoms with Crippen LogP contribution in [0.4, 0.5) is 0 Å². The highest BCUT2D eigenvalue weighted by Gasteiger charge is 2.25. The first kappa shape index (κ1) is 13.3. The highest BCUT2D eigenvalue weighted by Crippen LogP contribution is 2.32. The van der Waals surface area contributed by atoms with Gasteiger partial charge in [-0.25, -0.2) is 0 Å². The normalized spacial score (nSPS) is 11.3. The Morgan fingerprint density at radius 3 is 2.47 bits per heavy atom. The maximum Gasteiger partial charge on any atom is 0.316 e. The second-order valence-electron chi connectivity index (χ2n) is 5.55. The second-order valence-corrected chi connectivity index (χ2v) is 5.55. The summed E-state index contributed by atoms with van der Waals surface area (Å²) in [6, 6.07) is 11.8. The third-order valence-corrected chi connectivity index (χ3v) is 2.94. The molecule has 19 heavy (non-hydrogen) atoms. The Balaban J connectivity index is 2.57. The SMILES string of the molecule is C=Cc1ccc2ccccc2c1OC(=O)C(C)(C)C. The predicted octanol–water partition coefficient (Wildman–Crippen LogP) is 4.43. The molecule has 0 unspecified atom stereocenters.